The molecule has 2 amide bonds. The summed E-state index contributed by atoms with van der Waals surface area (Å²) in [6.45, 7) is 8.24. The summed E-state index contributed by atoms with van der Waals surface area (Å²) in [5.41, 5.74) is 0. The van der Waals surface area contributed by atoms with E-state index in [0.717, 1.165) is 5.92 Å². The number of alkyl carbamates (subject to hydrolysis) is 1. The Labute approximate surface area is 178 Å². The average molecular weight is 425 g/mol. The van der Waals surface area contributed by atoms with Gasteiger partial charge in [-0.3, -0.25) is 4.79 Å². The molecule has 0 aromatic carbocycles. The third-order valence-electron chi connectivity index (χ3n) is 5.17. The predicted octanol–water partition coefficient (Wildman–Crippen LogP) is 2.96. The number of aryl methyl sites for hydroxylation is 1. The van der Waals surface area contributed by atoms with Gasteiger partial charge in [-0.15, -0.1) is 0 Å². The maximum atomic E-state index is 11.8. The minimum Gasteiger partial charge on any atom is -0.439 e. The van der Waals surface area contributed by atoms with E-state index in [0.29, 0.717) is 44.4 Å². The molecule has 2 heterocycles. The van der Waals surface area contributed by atoms with Crippen LogP contribution in [-0.2, 0) is 14.3 Å². The monoisotopic (exact) mass is 424 g/mol. The van der Waals surface area contributed by atoms with Crippen LogP contribution >= 0.6 is 0 Å². The van der Waals surface area contributed by atoms with Crippen molar-refractivity contribution in [1.29, 1.82) is 0 Å². The van der Waals surface area contributed by atoms with E-state index in [1.807, 2.05) is 6.92 Å². The van der Waals surface area contributed by atoms with E-state index in [-0.39, 0.29) is 18.6 Å². The number of anilines is 1. The molecule has 0 bridgehead atoms. The molecule has 2 fully saturated rings. The van der Waals surface area contributed by atoms with Crippen LogP contribution in [0.5, 0.6) is 0 Å². The fourth-order valence-corrected chi connectivity index (χ4v) is 3.34. The second-order valence-electron chi connectivity index (χ2n) is 8.06. The SMILES string of the molecule is CC1CCCCC1.Cc1cc(NCC(C)NC(=O)OCC(=O)N2CCOCC2)no1. The van der Waals surface area contributed by atoms with Gasteiger partial charge in [-0.2, -0.15) is 0 Å². The van der Waals surface area contributed by atoms with Gasteiger partial charge in [0.1, 0.15) is 5.76 Å². The van der Waals surface area contributed by atoms with Crippen LogP contribution in [0.25, 0.3) is 0 Å². The number of carbonyl (C=O) groups excluding carboxylic acids is 2. The Morgan fingerprint density at radius 1 is 1.27 bits per heavy atom. The molecule has 1 aromatic heterocycles. The van der Waals surface area contributed by atoms with Gasteiger partial charge in [0.15, 0.2) is 12.4 Å². The highest BCUT2D eigenvalue weighted by atomic mass is 16.6. The smallest absolute Gasteiger partial charge is 0.407 e. The summed E-state index contributed by atoms with van der Waals surface area (Å²) >= 11 is 0. The summed E-state index contributed by atoms with van der Waals surface area (Å²) in [6.07, 6.45) is 6.81. The van der Waals surface area contributed by atoms with Crippen molar-refractivity contribution in [3.05, 3.63) is 11.8 Å². The lowest BCUT2D eigenvalue weighted by molar-refractivity contribution is -0.138. The van der Waals surface area contributed by atoms with E-state index in [4.69, 9.17) is 14.0 Å². The maximum absolute atomic E-state index is 11.8. The highest BCUT2D eigenvalue weighted by molar-refractivity contribution is 5.80. The van der Waals surface area contributed by atoms with E-state index in [1.165, 1.54) is 32.1 Å². The van der Waals surface area contributed by atoms with Crippen LogP contribution in [-0.4, -0.2) is 67.6 Å². The molecule has 1 saturated carbocycles. The Bertz CT molecular complexity index is 639. The molecule has 1 atom stereocenters. The standard InChI is InChI=1S/C14H22N4O5.C7H14/c1-10(8-15-12-7-11(2)23-17-12)16-14(20)22-9-13(19)18-3-5-21-6-4-18;1-7-5-3-2-4-6-7/h7,10H,3-6,8-9H2,1-2H3,(H,15,17)(H,16,20);7H,2-6H2,1H3. The lowest BCUT2D eigenvalue weighted by atomic mass is 9.91. The van der Waals surface area contributed by atoms with Gasteiger partial charge >= 0.3 is 6.09 Å². The van der Waals surface area contributed by atoms with Crippen LogP contribution in [0.4, 0.5) is 10.6 Å². The largest absolute Gasteiger partial charge is 0.439 e. The van der Waals surface area contributed by atoms with E-state index >= 15 is 0 Å². The first kappa shape index (κ1) is 24.0. The average Bonchev–Trinajstić information content (AvgIpc) is 3.17. The third kappa shape index (κ3) is 9.47. The molecule has 2 N–H and O–H groups in total. The van der Waals surface area contributed by atoms with Gasteiger partial charge in [-0.05, 0) is 19.8 Å². The summed E-state index contributed by atoms with van der Waals surface area (Å²) in [4.78, 5) is 25.1. The first-order valence-electron chi connectivity index (χ1n) is 10.9. The summed E-state index contributed by atoms with van der Waals surface area (Å²) in [5, 5.41) is 9.45. The Balaban J connectivity index is 0.000000386. The molecule has 30 heavy (non-hydrogen) atoms. The third-order valence-corrected chi connectivity index (χ3v) is 5.17. The fourth-order valence-electron chi connectivity index (χ4n) is 3.34. The number of hydrogen-bond acceptors (Lipinski definition) is 7. The molecule has 1 aliphatic carbocycles. The molecule has 1 saturated heterocycles. The number of rotatable bonds is 6. The molecule has 1 aliphatic heterocycles. The van der Waals surface area contributed by atoms with E-state index in [1.54, 1.807) is 17.9 Å². The minimum atomic E-state index is -0.628. The number of amides is 2. The van der Waals surface area contributed by atoms with E-state index < -0.39 is 6.09 Å². The molecule has 1 aromatic rings. The Morgan fingerprint density at radius 3 is 2.53 bits per heavy atom. The zero-order valence-electron chi connectivity index (χ0n) is 18.4. The van der Waals surface area contributed by atoms with Crippen LogP contribution in [0.2, 0.25) is 0 Å². The summed E-state index contributed by atoms with van der Waals surface area (Å²) in [5.74, 6) is 2.13. The topological polar surface area (TPSA) is 106 Å². The van der Waals surface area contributed by atoms with Crippen LogP contribution in [0.3, 0.4) is 0 Å². The maximum Gasteiger partial charge on any atom is 0.407 e. The van der Waals surface area contributed by atoms with Crippen LogP contribution in [0.1, 0.15) is 51.7 Å². The first-order chi connectivity index (χ1) is 14.4. The van der Waals surface area contributed by atoms with Gasteiger partial charge in [-0.25, -0.2) is 4.79 Å². The quantitative estimate of drug-likeness (QED) is 0.723. The molecule has 9 nitrogen and oxygen atoms in total. The van der Waals surface area contributed by atoms with E-state index in [2.05, 4.69) is 22.7 Å². The van der Waals surface area contributed by atoms with Crippen molar-refractivity contribution in [2.24, 2.45) is 5.92 Å². The first-order valence-corrected chi connectivity index (χ1v) is 10.9. The van der Waals surface area contributed by atoms with Gasteiger partial charge in [0, 0.05) is 31.7 Å². The van der Waals surface area contributed by atoms with Gasteiger partial charge in [0.05, 0.1) is 13.2 Å². The zero-order valence-corrected chi connectivity index (χ0v) is 18.4. The molecule has 2 aliphatic rings. The van der Waals surface area contributed by atoms with Crippen LogP contribution in [0, 0.1) is 12.8 Å². The Hall–Kier alpha value is -2.29. The molecule has 0 radical (unpaired) electrons. The fraction of sp³-hybridized carbons (Fsp3) is 0.762. The molecule has 170 valence electrons. The predicted molar refractivity (Wildman–Crippen MR) is 113 cm³/mol. The molecule has 0 spiro atoms. The Morgan fingerprint density at radius 2 is 1.97 bits per heavy atom. The van der Waals surface area contributed by atoms with Crippen molar-refractivity contribution < 1.29 is 23.6 Å². The number of nitrogens with zero attached hydrogens (tertiary/aromatic N) is 2. The van der Waals surface area contributed by atoms with Gasteiger partial charge in [0.2, 0.25) is 0 Å². The summed E-state index contributed by atoms with van der Waals surface area (Å²) in [6, 6.07) is 1.56. The van der Waals surface area contributed by atoms with Gasteiger partial charge in [0.25, 0.3) is 5.91 Å². The number of morpholine rings is 1. The summed E-state index contributed by atoms with van der Waals surface area (Å²) in [7, 11) is 0. The van der Waals surface area contributed by atoms with Gasteiger partial charge < -0.3 is 29.5 Å². The molecule has 3 rings (SSSR count). The number of carbonyl (C=O) groups is 2. The normalized spacial score (nSPS) is 18.0. The van der Waals surface area contributed by atoms with Crippen molar-refractivity contribution in [1.82, 2.24) is 15.4 Å². The highest BCUT2D eigenvalue weighted by Crippen LogP contribution is 2.22. The van der Waals surface area contributed by atoms with Crippen LogP contribution < -0.4 is 10.6 Å². The molecule has 1 unspecified atom stereocenters. The van der Waals surface area contributed by atoms with Crippen molar-refractivity contribution >= 4 is 17.8 Å². The lowest BCUT2D eigenvalue weighted by Crippen LogP contribution is -2.44. The minimum absolute atomic E-state index is 0.196. The Kier molecular flexibility index (Phi) is 10.5. The van der Waals surface area contributed by atoms with Crippen molar-refractivity contribution in [2.45, 2.75) is 58.9 Å². The van der Waals surface area contributed by atoms with Gasteiger partial charge in [-0.1, -0.05) is 44.2 Å². The molecular formula is C21H36N4O5. The summed E-state index contributed by atoms with van der Waals surface area (Å²) < 4.78 is 15.0. The second-order valence-corrected chi connectivity index (χ2v) is 8.06. The molecular weight excluding hydrogens is 388 g/mol. The zero-order chi connectivity index (χ0) is 21.8. The number of aromatic nitrogens is 1. The molecule has 9 heteroatoms. The van der Waals surface area contributed by atoms with Crippen molar-refractivity contribution in [3.63, 3.8) is 0 Å². The number of nitrogens with one attached hydrogen (secondary N) is 2. The van der Waals surface area contributed by atoms with Crippen molar-refractivity contribution in [2.75, 3.05) is 44.8 Å². The van der Waals surface area contributed by atoms with E-state index in [9.17, 15) is 9.59 Å². The highest BCUT2D eigenvalue weighted by Gasteiger charge is 2.18. The second kappa shape index (κ2) is 13.1. The number of hydrogen-bond donors (Lipinski definition) is 2. The number of ether oxygens (including phenoxy) is 2. The van der Waals surface area contributed by atoms with Crippen LogP contribution in [0.15, 0.2) is 10.6 Å². The lowest BCUT2D eigenvalue weighted by Gasteiger charge is -2.26. The van der Waals surface area contributed by atoms with Crippen molar-refractivity contribution in [3.8, 4) is 0 Å².